The summed E-state index contributed by atoms with van der Waals surface area (Å²) in [5.74, 6) is 1.08. The molecule has 0 aliphatic heterocycles. The third-order valence-electron chi connectivity index (χ3n) is 3.25. The van der Waals surface area contributed by atoms with Crippen LogP contribution in [-0.4, -0.2) is 27.2 Å². The Morgan fingerprint density at radius 1 is 1.04 bits per heavy atom. The number of carbonyl (C=O) groups is 1. The van der Waals surface area contributed by atoms with E-state index in [-0.39, 0.29) is 5.91 Å². The number of halogens is 1. The van der Waals surface area contributed by atoms with E-state index in [9.17, 15) is 4.79 Å². The van der Waals surface area contributed by atoms with E-state index in [2.05, 4.69) is 5.32 Å². The second-order valence-corrected chi connectivity index (χ2v) is 5.17. The number of nitrogens with one attached hydrogen (secondary N) is 1. The molecule has 0 saturated carbocycles. The van der Waals surface area contributed by atoms with Gasteiger partial charge in [0.1, 0.15) is 0 Å². The van der Waals surface area contributed by atoms with Crippen molar-refractivity contribution in [1.82, 2.24) is 0 Å². The van der Waals surface area contributed by atoms with Gasteiger partial charge in [-0.2, -0.15) is 0 Å². The average molecular weight is 348 g/mol. The third-order valence-corrected chi connectivity index (χ3v) is 3.60. The van der Waals surface area contributed by atoms with E-state index in [1.54, 1.807) is 24.3 Å². The summed E-state index contributed by atoms with van der Waals surface area (Å²) in [5.41, 5.74) is 1.29. The Morgan fingerprint density at radius 3 is 2.21 bits per heavy atom. The zero-order valence-electron chi connectivity index (χ0n) is 13.6. The van der Waals surface area contributed by atoms with Crippen LogP contribution in [0.3, 0.4) is 0 Å². The molecule has 0 bridgehead atoms. The van der Waals surface area contributed by atoms with Gasteiger partial charge in [-0.1, -0.05) is 29.8 Å². The Morgan fingerprint density at radius 2 is 1.67 bits per heavy atom. The minimum absolute atomic E-state index is 0.302. The van der Waals surface area contributed by atoms with Crippen molar-refractivity contribution in [3.63, 3.8) is 0 Å². The first kappa shape index (κ1) is 17.7. The first-order valence-corrected chi connectivity index (χ1v) is 7.50. The van der Waals surface area contributed by atoms with Gasteiger partial charge in [-0.15, -0.1) is 0 Å². The number of benzene rings is 2. The van der Waals surface area contributed by atoms with Crippen LogP contribution in [0.25, 0.3) is 6.08 Å². The topological polar surface area (TPSA) is 56.8 Å². The van der Waals surface area contributed by atoms with Gasteiger partial charge in [-0.3, -0.25) is 4.79 Å². The normalized spacial score (nSPS) is 10.5. The summed E-state index contributed by atoms with van der Waals surface area (Å²) in [6.07, 6.45) is 3.06. The van der Waals surface area contributed by atoms with Crippen LogP contribution in [0.1, 0.15) is 5.56 Å². The molecule has 0 atom stereocenters. The Balaban J connectivity index is 2.18. The SMILES string of the molecule is COc1cc(NC(=O)/C=C/c2ccccc2Cl)cc(OC)c1OC. The van der Waals surface area contributed by atoms with Gasteiger partial charge in [0.2, 0.25) is 11.7 Å². The molecule has 0 aliphatic rings. The van der Waals surface area contributed by atoms with E-state index in [0.717, 1.165) is 5.56 Å². The summed E-state index contributed by atoms with van der Waals surface area (Å²) in [7, 11) is 4.55. The van der Waals surface area contributed by atoms with Crippen LogP contribution < -0.4 is 19.5 Å². The quantitative estimate of drug-likeness (QED) is 0.802. The van der Waals surface area contributed by atoms with E-state index in [1.165, 1.54) is 27.4 Å². The van der Waals surface area contributed by atoms with Crippen molar-refractivity contribution in [3.8, 4) is 17.2 Å². The Bertz CT molecular complexity index is 733. The van der Waals surface area contributed by atoms with Crippen LogP contribution in [0.15, 0.2) is 42.5 Å². The fourth-order valence-electron chi connectivity index (χ4n) is 2.11. The summed E-state index contributed by atoms with van der Waals surface area (Å²) >= 11 is 6.05. The molecule has 0 unspecified atom stereocenters. The highest BCUT2D eigenvalue weighted by molar-refractivity contribution is 6.32. The van der Waals surface area contributed by atoms with Crippen LogP contribution in [0.5, 0.6) is 17.2 Å². The zero-order valence-corrected chi connectivity index (χ0v) is 14.4. The van der Waals surface area contributed by atoms with E-state index in [0.29, 0.717) is 28.0 Å². The zero-order chi connectivity index (χ0) is 17.5. The molecule has 0 fully saturated rings. The number of rotatable bonds is 6. The van der Waals surface area contributed by atoms with Crippen LogP contribution in [0, 0.1) is 0 Å². The van der Waals surface area contributed by atoms with Gasteiger partial charge in [0.15, 0.2) is 11.5 Å². The molecule has 2 aromatic carbocycles. The number of anilines is 1. The standard InChI is InChI=1S/C18H18ClNO4/c1-22-15-10-13(11-16(23-2)18(15)24-3)20-17(21)9-8-12-6-4-5-7-14(12)19/h4-11H,1-3H3,(H,20,21)/b9-8+. The summed E-state index contributed by atoms with van der Waals surface area (Å²) in [5, 5.41) is 3.33. The maximum Gasteiger partial charge on any atom is 0.248 e. The summed E-state index contributed by atoms with van der Waals surface area (Å²) in [4.78, 5) is 12.1. The van der Waals surface area contributed by atoms with Crippen molar-refractivity contribution in [2.45, 2.75) is 0 Å². The molecule has 0 aliphatic carbocycles. The van der Waals surface area contributed by atoms with Gasteiger partial charge in [0.05, 0.1) is 21.3 Å². The van der Waals surface area contributed by atoms with Crippen molar-refractivity contribution in [2.24, 2.45) is 0 Å². The number of methoxy groups -OCH3 is 3. The lowest BCUT2D eigenvalue weighted by Gasteiger charge is -2.14. The molecule has 6 heteroatoms. The van der Waals surface area contributed by atoms with E-state index < -0.39 is 0 Å². The maximum absolute atomic E-state index is 12.1. The lowest BCUT2D eigenvalue weighted by molar-refractivity contribution is -0.111. The first-order valence-electron chi connectivity index (χ1n) is 7.12. The third kappa shape index (κ3) is 4.20. The highest BCUT2D eigenvalue weighted by atomic mass is 35.5. The van der Waals surface area contributed by atoms with E-state index >= 15 is 0 Å². The molecular weight excluding hydrogens is 330 g/mol. The van der Waals surface area contributed by atoms with Gasteiger partial charge in [0, 0.05) is 28.9 Å². The minimum Gasteiger partial charge on any atom is -0.493 e. The Kier molecular flexibility index (Phi) is 6.09. The largest absolute Gasteiger partial charge is 0.493 e. The number of hydrogen-bond donors (Lipinski definition) is 1. The maximum atomic E-state index is 12.1. The van der Waals surface area contributed by atoms with Crippen LogP contribution in [0.4, 0.5) is 5.69 Å². The van der Waals surface area contributed by atoms with Crippen LogP contribution in [0.2, 0.25) is 5.02 Å². The summed E-state index contributed by atoms with van der Waals surface area (Å²) < 4.78 is 15.8. The molecule has 1 N–H and O–H groups in total. The van der Waals surface area contributed by atoms with Crippen LogP contribution >= 0.6 is 11.6 Å². The molecule has 2 rings (SSSR count). The summed E-state index contributed by atoms with van der Waals surface area (Å²) in [6.45, 7) is 0. The predicted octanol–water partition coefficient (Wildman–Crippen LogP) is 4.02. The van der Waals surface area contributed by atoms with Crippen molar-refractivity contribution in [3.05, 3.63) is 53.1 Å². The molecule has 0 saturated heterocycles. The van der Waals surface area contributed by atoms with Gasteiger partial charge in [0.25, 0.3) is 0 Å². The lowest BCUT2D eigenvalue weighted by atomic mass is 10.2. The minimum atomic E-state index is -0.302. The Labute approximate surface area is 145 Å². The molecule has 24 heavy (non-hydrogen) atoms. The molecule has 0 heterocycles. The second-order valence-electron chi connectivity index (χ2n) is 4.76. The monoisotopic (exact) mass is 347 g/mol. The van der Waals surface area contributed by atoms with Crippen molar-refractivity contribution in [1.29, 1.82) is 0 Å². The lowest BCUT2D eigenvalue weighted by Crippen LogP contribution is -2.08. The molecule has 0 radical (unpaired) electrons. The van der Waals surface area contributed by atoms with E-state index in [4.69, 9.17) is 25.8 Å². The van der Waals surface area contributed by atoms with Crippen molar-refractivity contribution in [2.75, 3.05) is 26.6 Å². The van der Waals surface area contributed by atoms with Gasteiger partial charge in [-0.05, 0) is 17.7 Å². The molecule has 2 aromatic rings. The number of ether oxygens (including phenoxy) is 3. The average Bonchev–Trinajstić information content (AvgIpc) is 2.60. The Hall–Kier alpha value is -2.66. The highest BCUT2D eigenvalue weighted by Gasteiger charge is 2.13. The van der Waals surface area contributed by atoms with Crippen molar-refractivity contribution >= 4 is 29.3 Å². The molecule has 5 nitrogen and oxygen atoms in total. The predicted molar refractivity (Wildman–Crippen MR) is 95.2 cm³/mol. The molecule has 0 spiro atoms. The van der Waals surface area contributed by atoms with Crippen LogP contribution in [-0.2, 0) is 4.79 Å². The fourth-order valence-corrected chi connectivity index (χ4v) is 2.31. The number of amides is 1. The van der Waals surface area contributed by atoms with Gasteiger partial charge < -0.3 is 19.5 Å². The van der Waals surface area contributed by atoms with Gasteiger partial charge in [-0.25, -0.2) is 0 Å². The molecule has 0 aromatic heterocycles. The fraction of sp³-hybridized carbons (Fsp3) is 0.167. The first-order chi connectivity index (χ1) is 11.6. The van der Waals surface area contributed by atoms with Gasteiger partial charge >= 0.3 is 0 Å². The number of carbonyl (C=O) groups excluding carboxylic acids is 1. The van der Waals surface area contributed by atoms with E-state index in [1.807, 2.05) is 18.2 Å². The highest BCUT2D eigenvalue weighted by Crippen LogP contribution is 2.39. The molecular formula is C18H18ClNO4. The smallest absolute Gasteiger partial charge is 0.248 e. The van der Waals surface area contributed by atoms with Crippen molar-refractivity contribution < 1.29 is 19.0 Å². The molecule has 1 amide bonds. The molecule has 126 valence electrons. The number of hydrogen-bond acceptors (Lipinski definition) is 4. The second kappa shape index (κ2) is 8.26. The summed E-state index contributed by atoms with van der Waals surface area (Å²) in [6, 6.07) is 10.6.